The molecule has 1 N–H and O–H groups in total. The maximum absolute atomic E-state index is 10.9. The molecule has 1 aromatic rings. The molecule has 0 unspecified atom stereocenters. The second kappa shape index (κ2) is 4.98. The van der Waals surface area contributed by atoms with Gasteiger partial charge in [-0.2, -0.15) is 0 Å². The van der Waals surface area contributed by atoms with Gasteiger partial charge in [-0.3, -0.25) is 4.79 Å². The van der Waals surface area contributed by atoms with Crippen LogP contribution < -0.4 is 4.74 Å². The Morgan fingerprint density at radius 3 is 2.61 bits per heavy atom. The van der Waals surface area contributed by atoms with Gasteiger partial charge in [-0.25, -0.2) is 0 Å². The molecule has 2 rings (SSSR count). The second-order valence-electron chi connectivity index (χ2n) is 4.81. The number of hydrogen-bond acceptors (Lipinski definition) is 3. The smallest absolute Gasteiger partial charge is 0.304 e. The summed E-state index contributed by atoms with van der Waals surface area (Å²) in [5.74, 6) is 0.0448. The van der Waals surface area contributed by atoms with Gasteiger partial charge < -0.3 is 14.6 Å². The van der Waals surface area contributed by atoms with E-state index in [4.69, 9.17) is 14.6 Å². The Bertz CT molecular complexity index is 449. The lowest BCUT2D eigenvalue weighted by Crippen LogP contribution is -2.13. The molecular formula is C14H18O4. The summed E-state index contributed by atoms with van der Waals surface area (Å²) in [6.45, 7) is 0.472. The molecule has 0 saturated heterocycles. The van der Waals surface area contributed by atoms with Crippen molar-refractivity contribution in [3.8, 4) is 5.75 Å². The van der Waals surface area contributed by atoms with Crippen LogP contribution in [0.4, 0.5) is 0 Å². The Morgan fingerprint density at radius 2 is 2.11 bits per heavy atom. The van der Waals surface area contributed by atoms with E-state index in [1.54, 1.807) is 14.2 Å². The van der Waals surface area contributed by atoms with Crippen molar-refractivity contribution in [2.75, 3.05) is 14.2 Å². The lowest BCUT2D eigenvalue weighted by molar-refractivity contribution is -0.137. The SMILES string of the molecule is COCc1cc(C2(CC(=O)O)CC2)ccc1OC. The molecule has 1 aliphatic carbocycles. The molecule has 0 bridgehead atoms. The molecule has 4 nitrogen and oxygen atoms in total. The van der Waals surface area contributed by atoms with Crippen LogP contribution in [0.15, 0.2) is 18.2 Å². The van der Waals surface area contributed by atoms with Gasteiger partial charge in [-0.15, -0.1) is 0 Å². The van der Waals surface area contributed by atoms with E-state index in [9.17, 15) is 4.79 Å². The Balaban J connectivity index is 2.29. The van der Waals surface area contributed by atoms with Crippen LogP contribution in [-0.2, 0) is 21.6 Å². The predicted octanol–water partition coefficient (Wildman–Crippen LogP) is 2.35. The Labute approximate surface area is 107 Å². The van der Waals surface area contributed by atoms with Crippen LogP contribution in [0.5, 0.6) is 5.75 Å². The molecule has 0 amide bonds. The molecule has 0 heterocycles. The highest BCUT2D eigenvalue weighted by molar-refractivity contribution is 5.70. The van der Waals surface area contributed by atoms with Crippen molar-refractivity contribution in [2.45, 2.75) is 31.3 Å². The number of ether oxygens (including phenoxy) is 2. The minimum Gasteiger partial charge on any atom is -0.496 e. The van der Waals surface area contributed by atoms with E-state index in [1.807, 2.05) is 18.2 Å². The molecule has 0 radical (unpaired) electrons. The molecular weight excluding hydrogens is 232 g/mol. The fraction of sp³-hybridized carbons (Fsp3) is 0.500. The third-order valence-electron chi connectivity index (χ3n) is 3.54. The third-order valence-corrected chi connectivity index (χ3v) is 3.54. The van der Waals surface area contributed by atoms with Crippen molar-refractivity contribution < 1.29 is 19.4 Å². The average Bonchev–Trinajstić information content (AvgIpc) is 3.09. The zero-order chi connectivity index (χ0) is 13.2. The van der Waals surface area contributed by atoms with Crippen molar-refractivity contribution >= 4 is 5.97 Å². The fourth-order valence-corrected chi connectivity index (χ4v) is 2.38. The monoisotopic (exact) mass is 250 g/mol. The largest absolute Gasteiger partial charge is 0.496 e. The zero-order valence-electron chi connectivity index (χ0n) is 10.7. The Kier molecular flexibility index (Phi) is 3.57. The number of aliphatic carboxylic acids is 1. The summed E-state index contributed by atoms with van der Waals surface area (Å²) in [5, 5.41) is 8.97. The molecule has 1 aliphatic rings. The summed E-state index contributed by atoms with van der Waals surface area (Å²) < 4.78 is 10.4. The number of carbonyl (C=O) groups is 1. The van der Waals surface area contributed by atoms with Gasteiger partial charge in [0.1, 0.15) is 5.75 Å². The third kappa shape index (κ3) is 2.48. The maximum Gasteiger partial charge on any atom is 0.304 e. The number of carboxylic acid groups (broad SMARTS) is 1. The van der Waals surface area contributed by atoms with Gasteiger partial charge in [0.25, 0.3) is 0 Å². The number of hydrogen-bond donors (Lipinski definition) is 1. The maximum atomic E-state index is 10.9. The highest BCUT2D eigenvalue weighted by Gasteiger charge is 2.46. The quantitative estimate of drug-likeness (QED) is 0.842. The average molecular weight is 250 g/mol. The van der Waals surface area contributed by atoms with Crippen molar-refractivity contribution in [3.05, 3.63) is 29.3 Å². The van der Waals surface area contributed by atoms with E-state index in [-0.39, 0.29) is 11.8 Å². The van der Waals surface area contributed by atoms with Crippen LogP contribution in [0.3, 0.4) is 0 Å². The van der Waals surface area contributed by atoms with Crippen LogP contribution in [0, 0.1) is 0 Å². The summed E-state index contributed by atoms with van der Waals surface area (Å²) in [7, 11) is 3.26. The number of benzene rings is 1. The zero-order valence-corrected chi connectivity index (χ0v) is 10.7. The molecule has 18 heavy (non-hydrogen) atoms. The normalized spacial score (nSPS) is 16.3. The minimum atomic E-state index is -0.739. The summed E-state index contributed by atoms with van der Waals surface area (Å²) in [5.41, 5.74) is 1.88. The van der Waals surface area contributed by atoms with Crippen LogP contribution in [0.1, 0.15) is 30.4 Å². The van der Waals surface area contributed by atoms with Gasteiger partial charge in [0.05, 0.1) is 20.1 Å². The Morgan fingerprint density at radius 1 is 1.39 bits per heavy atom. The van der Waals surface area contributed by atoms with E-state index >= 15 is 0 Å². The molecule has 98 valence electrons. The van der Waals surface area contributed by atoms with Gasteiger partial charge in [-0.05, 0) is 30.5 Å². The Hall–Kier alpha value is -1.55. The van der Waals surface area contributed by atoms with Crippen molar-refractivity contribution in [1.82, 2.24) is 0 Å². The van der Waals surface area contributed by atoms with E-state index in [0.29, 0.717) is 6.61 Å². The van der Waals surface area contributed by atoms with Crippen LogP contribution in [0.25, 0.3) is 0 Å². The minimum absolute atomic E-state index is 0.166. The van der Waals surface area contributed by atoms with E-state index < -0.39 is 5.97 Å². The lowest BCUT2D eigenvalue weighted by atomic mass is 9.91. The van der Waals surface area contributed by atoms with Gasteiger partial charge in [0.2, 0.25) is 0 Å². The highest BCUT2D eigenvalue weighted by Crippen LogP contribution is 2.51. The van der Waals surface area contributed by atoms with Crippen LogP contribution in [0.2, 0.25) is 0 Å². The number of rotatable bonds is 6. The van der Waals surface area contributed by atoms with E-state index in [2.05, 4.69) is 0 Å². The number of methoxy groups -OCH3 is 2. The summed E-state index contributed by atoms with van der Waals surface area (Å²) in [6, 6.07) is 5.87. The predicted molar refractivity (Wildman–Crippen MR) is 66.9 cm³/mol. The lowest BCUT2D eigenvalue weighted by Gasteiger charge is -2.16. The molecule has 1 saturated carbocycles. The molecule has 0 aliphatic heterocycles. The first kappa shape index (κ1) is 12.9. The standard InChI is InChI=1S/C14H18O4/c1-17-9-10-7-11(3-4-12(10)18-2)14(5-6-14)8-13(15)16/h3-4,7H,5-6,8-9H2,1-2H3,(H,15,16). The molecule has 0 atom stereocenters. The first-order valence-electron chi connectivity index (χ1n) is 5.99. The van der Waals surface area contributed by atoms with E-state index in [0.717, 1.165) is 29.7 Å². The van der Waals surface area contributed by atoms with Crippen molar-refractivity contribution in [1.29, 1.82) is 0 Å². The summed E-state index contributed by atoms with van der Waals surface area (Å²) >= 11 is 0. The first-order valence-corrected chi connectivity index (χ1v) is 5.99. The van der Waals surface area contributed by atoms with Gasteiger partial charge >= 0.3 is 5.97 Å². The van der Waals surface area contributed by atoms with Crippen LogP contribution in [-0.4, -0.2) is 25.3 Å². The first-order chi connectivity index (χ1) is 8.61. The van der Waals surface area contributed by atoms with Gasteiger partial charge in [0.15, 0.2) is 0 Å². The molecule has 0 aromatic heterocycles. The number of carboxylic acids is 1. The van der Waals surface area contributed by atoms with E-state index in [1.165, 1.54) is 0 Å². The summed E-state index contributed by atoms with van der Waals surface area (Å²) in [6.07, 6.45) is 2.09. The van der Waals surface area contributed by atoms with Crippen molar-refractivity contribution in [2.24, 2.45) is 0 Å². The topological polar surface area (TPSA) is 55.8 Å². The summed E-state index contributed by atoms with van der Waals surface area (Å²) in [4.78, 5) is 10.9. The van der Waals surface area contributed by atoms with Crippen LogP contribution >= 0.6 is 0 Å². The molecule has 1 aromatic carbocycles. The van der Waals surface area contributed by atoms with Gasteiger partial charge in [-0.1, -0.05) is 6.07 Å². The molecule has 1 fully saturated rings. The molecule has 4 heteroatoms. The highest BCUT2D eigenvalue weighted by atomic mass is 16.5. The van der Waals surface area contributed by atoms with Gasteiger partial charge in [0, 0.05) is 18.1 Å². The van der Waals surface area contributed by atoms with Crippen molar-refractivity contribution in [3.63, 3.8) is 0 Å². The second-order valence-corrected chi connectivity index (χ2v) is 4.81. The molecule has 0 spiro atoms. The fourth-order valence-electron chi connectivity index (χ4n) is 2.38.